The van der Waals surface area contributed by atoms with Crippen LogP contribution in [0.15, 0.2) is 36.9 Å². The van der Waals surface area contributed by atoms with E-state index in [2.05, 4.69) is 15.0 Å². The smallest absolute Gasteiger partial charge is 0.144 e. The van der Waals surface area contributed by atoms with Crippen LogP contribution in [0.3, 0.4) is 0 Å². The van der Waals surface area contributed by atoms with Gasteiger partial charge in [-0.15, -0.1) is 0 Å². The minimum Gasteiger partial charge on any atom is -0.505 e. The third-order valence-electron chi connectivity index (χ3n) is 3.21. The number of aryl methyl sites for hydroxylation is 2. The van der Waals surface area contributed by atoms with Crippen molar-refractivity contribution in [3.63, 3.8) is 0 Å². The summed E-state index contributed by atoms with van der Waals surface area (Å²) in [7, 11) is 0. The fraction of sp³-hybridized carbons (Fsp3) is 0.133. The number of benzene rings is 1. The number of hydrogen-bond donors (Lipinski definition) is 1. The lowest BCUT2D eigenvalue weighted by molar-refractivity contribution is 0.476. The average molecular weight is 251 g/mol. The van der Waals surface area contributed by atoms with Crippen LogP contribution >= 0.6 is 0 Å². The molecule has 4 nitrogen and oxygen atoms in total. The van der Waals surface area contributed by atoms with Gasteiger partial charge in [0, 0.05) is 23.3 Å². The monoisotopic (exact) mass is 251 g/mol. The summed E-state index contributed by atoms with van der Waals surface area (Å²) in [6.07, 6.45) is 4.90. The Morgan fingerprint density at radius 1 is 1.00 bits per heavy atom. The van der Waals surface area contributed by atoms with Gasteiger partial charge in [0.1, 0.15) is 17.6 Å². The van der Waals surface area contributed by atoms with Gasteiger partial charge in [0.05, 0.1) is 5.69 Å². The van der Waals surface area contributed by atoms with Crippen molar-refractivity contribution in [1.29, 1.82) is 0 Å². The molecule has 3 rings (SSSR count). The third kappa shape index (κ3) is 1.91. The number of nitrogens with zero attached hydrogens (tertiary/aromatic N) is 3. The molecular formula is C15H13N3O. The van der Waals surface area contributed by atoms with Crippen molar-refractivity contribution in [3.8, 4) is 17.0 Å². The van der Waals surface area contributed by atoms with E-state index < -0.39 is 0 Å². The zero-order valence-corrected chi connectivity index (χ0v) is 10.8. The highest BCUT2D eigenvalue weighted by Gasteiger charge is 2.09. The first-order valence-electron chi connectivity index (χ1n) is 6.02. The number of aromatic hydroxyl groups is 1. The minimum atomic E-state index is 0.235. The highest BCUT2D eigenvalue weighted by atomic mass is 16.3. The number of aromatic nitrogens is 3. The molecule has 94 valence electrons. The highest BCUT2D eigenvalue weighted by molar-refractivity contribution is 5.90. The molecule has 3 aromatic rings. The number of pyridine rings is 1. The first-order valence-corrected chi connectivity index (χ1v) is 6.02. The molecule has 0 bridgehead atoms. The second-order valence-electron chi connectivity index (χ2n) is 4.58. The van der Waals surface area contributed by atoms with Gasteiger partial charge in [-0.2, -0.15) is 0 Å². The molecule has 4 heteroatoms. The van der Waals surface area contributed by atoms with Gasteiger partial charge in [-0.1, -0.05) is 12.1 Å². The van der Waals surface area contributed by atoms with E-state index in [1.54, 1.807) is 12.4 Å². The van der Waals surface area contributed by atoms with Crippen LogP contribution in [0.5, 0.6) is 5.75 Å². The lowest BCUT2D eigenvalue weighted by Gasteiger charge is -2.09. The number of rotatable bonds is 1. The second-order valence-corrected chi connectivity index (χ2v) is 4.58. The van der Waals surface area contributed by atoms with Gasteiger partial charge in [-0.3, -0.25) is 0 Å². The van der Waals surface area contributed by atoms with Gasteiger partial charge in [-0.25, -0.2) is 15.0 Å². The van der Waals surface area contributed by atoms with Gasteiger partial charge in [0.25, 0.3) is 0 Å². The molecule has 0 amide bonds. The van der Waals surface area contributed by atoms with Crippen LogP contribution in [0.2, 0.25) is 0 Å². The molecule has 0 aliphatic rings. The molecule has 0 aliphatic carbocycles. The first-order chi connectivity index (χ1) is 9.16. The van der Waals surface area contributed by atoms with Crippen molar-refractivity contribution in [2.45, 2.75) is 13.8 Å². The van der Waals surface area contributed by atoms with Crippen molar-refractivity contribution < 1.29 is 5.11 Å². The molecular weight excluding hydrogens is 238 g/mol. The van der Waals surface area contributed by atoms with Crippen LogP contribution < -0.4 is 0 Å². The molecule has 0 fully saturated rings. The second kappa shape index (κ2) is 4.31. The molecule has 2 heterocycles. The third-order valence-corrected chi connectivity index (χ3v) is 3.21. The van der Waals surface area contributed by atoms with Crippen LogP contribution in [0.1, 0.15) is 11.1 Å². The Labute approximate surface area is 110 Å². The van der Waals surface area contributed by atoms with E-state index in [0.29, 0.717) is 5.52 Å². The SMILES string of the molecule is Cc1cc(C)c2ccc(-c3cncnc3)nc2c1O. The molecule has 2 aromatic heterocycles. The molecule has 0 saturated carbocycles. The fourth-order valence-electron chi connectivity index (χ4n) is 2.21. The summed E-state index contributed by atoms with van der Waals surface area (Å²) < 4.78 is 0. The van der Waals surface area contributed by atoms with Crippen LogP contribution in [0, 0.1) is 13.8 Å². The minimum absolute atomic E-state index is 0.235. The van der Waals surface area contributed by atoms with Crippen LogP contribution in [-0.4, -0.2) is 20.1 Å². The van der Waals surface area contributed by atoms with E-state index in [0.717, 1.165) is 27.8 Å². The van der Waals surface area contributed by atoms with Crippen molar-refractivity contribution in [2.75, 3.05) is 0 Å². The fourth-order valence-corrected chi connectivity index (χ4v) is 2.21. The Hall–Kier alpha value is -2.49. The Morgan fingerprint density at radius 3 is 2.47 bits per heavy atom. The topological polar surface area (TPSA) is 58.9 Å². The predicted molar refractivity (Wildman–Crippen MR) is 73.9 cm³/mol. The molecule has 0 radical (unpaired) electrons. The summed E-state index contributed by atoms with van der Waals surface area (Å²) in [6, 6.07) is 5.85. The van der Waals surface area contributed by atoms with Crippen molar-refractivity contribution in [2.24, 2.45) is 0 Å². The Balaban J connectivity index is 2.29. The summed E-state index contributed by atoms with van der Waals surface area (Å²) in [6.45, 7) is 3.89. The molecule has 0 unspecified atom stereocenters. The maximum Gasteiger partial charge on any atom is 0.144 e. The Kier molecular flexibility index (Phi) is 2.63. The Morgan fingerprint density at radius 2 is 1.74 bits per heavy atom. The van der Waals surface area contributed by atoms with E-state index >= 15 is 0 Å². The zero-order chi connectivity index (χ0) is 13.4. The maximum absolute atomic E-state index is 10.2. The summed E-state index contributed by atoms with van der Waals surface area (Å²) in [5, 5.41) is 11.1. The van der Waals surface area contributed by atoms with Crippen LogP contribution in [0.25, 0.3) is 22.2 Å². The normalized spacial score (nSPS) is 10.8. The van der Waals surface area contributed by atoms with E-state index in [9.17, 15) is 5.11 Å². The lowest BCUT2D eigenvalue weighted by Crippen LogP contribution is -1.91. The number of phenols is 1. The molecule has 1 aromatic carbocycles. The van der Waals surface area contributed by atoms with Crippen molar-refractivity contribution in [1.82, 2.24) is 15.0 Å². The van der Waals surface area contributed by atoms with E-state index in [1.165, 1.54) is 6.33 Å². The summed E-state index contributed by atoms with van der Waals surface area (Å²) in [5.41, 5.74) is 4.16. The maximum atomic E-state index is 10.2. The van der Waals surface area contributed by atoms with Crippen molar-refractivity contribution >= 4 is 10.9 Å². The molecule has 0 aliphatic heterocycles. The van der Waals surface area contributed by atoms with E-state index in [4.69, 9.17) is 0 Å². The van der Waals surface area contributed by atoms with Crippen LogP contribution in [0.4, 0.5) is 0 Å². The number of hydrogen-bond acceptors (Lipinski definition) is 4. The van der Waals surface area contributed by atoms with E-state index in [1.807, 2.05) is 32.0 Å². The lowest BCUT2D eigenvalue weighted by atomic mass is 10.0. The molecule has 0 spiro atoms. The summed E-state index contributed by atoms with van der Waals surface area (Å²) in [4.78, 5) is 12.5. The van der Waals surface area contributed by atoms with Crippen LogP contribution in [-0.2, 0) is 0 Å². The van der Waals surface area contributed by atoms with Crippen molar-refractivity contribution in [3.05, 3.63) is 48.0 Å². The molecule has 1 N–H and O–H groups in total. The van der Waals surface area contributed by atoms with Gasteiger partial charge in [0.2, 0.25) is 0 Å². The summed E-state index contributed by atoms with van der Waals surface area (Å²) in [5.74, 6) is 0.235. The number of fused-ring (bicyclic) bond motifs is 1. The summed E-state index contributed by atoms with van der Waals surface area (Å²) >= 11 is 0. The highest BCUT2D eigenvalue weighted by Crippen LogP contribution is 2.31. The molecule has 0 saturated heterocycles. The average Bonchev–Trinajstić information content (AvgIpc) is 2.45. The zero-order valence-electron chi connectivity index (χ0n) is 10.8. The first kappa shape index (κ1) is 11.6. The van der Waals surface area contributed by atoms with E-state index in [-0.39, 0.29) is 5.75 Å². The van der Waals surface area contributed by atoms with Gasteiger partial charge >= 0.3 is 0 Å². The molecule has 19 heavy (non-hydrogen) atoms. The quantitative estimate of drug-likeness (QED) is 0.722. The predicted octanol–water partition coefficient (Wildman–Crippen LogP) is 3.01. The van der Waals surface area contributed by atoms with Gasteiger partial charge in [-0.05, 0) is 31.0 Å². The van der Waals surface area contributed by atoms with Gasteiger partial charge in [0.15, 0.2) is 0 Å². The molecule has 0 atom stereocenters. The standard InChI is InChI=1S/C15H13N3O/c1-9-5-10(2)15(19)14-12(9)3-4-13(18-14)11-6-16-8-17-7-11/h3-8,19H,1-2H3. The largest absolute Gasteiger partial charge is 0.505 e. The number of phenolic OH excluding ortho intramolecular Hbond substituents is 1. The Bertz CT molecular complexity index is 754. The van der Waals surface area contributed by atoms with Gasteiger partial charge < -0.3 is 5.11 Å².